The van der Waals surface area contributed by atoms with Crippen molar-refractivity contribution in [1.82, 2.24) is 20.2 Å². The van der Waals surface area contributed by atoms with Crippen molar-refractivity contribution in [1.29, 1.82) is 0 Å². The number of aromatic nitrogens is 2. The molecule has 1 saturated carbocycles. The smallest absolute Gasteiger partial charge is 0.383 e. The van der Waals surface area contributed by atoms with Crippen LogP contribution >= 0.6 is 11.3 Å². The van der Waals surface area contributed by atoms with Crippen molar-refractivity contribution in [2.75, 3.05) is 19.6 Å². The van der Waals surface area contributed by atoms with Gasteiger partial charge in [0.05, 0.1) is 17.0 Å². The fraction of sp³-hybridized carbons (Fsp3) is 0.448. The minimum atomic E-state index is -4.54. The molecule has 212 valence electrons. The van der Waals surface area contributed by atoms with Gasteiger partial charge < -0.3 is 15.3 Å². The molecule has 0 radical (unpaired) electrons. The van der Waals surface area contributed by atoms with E-state index < -0.39 is 23.2 Å². The third kappa shape index (κ3) is 6.52. The van der Waals surface area contributed by atoms with Crippen LogP contribution in [-0.2, 0) is 16.6 Å². The third-order valence-corrected chi connectivity index (χ3v) is 9.18. The van der Waals surface area contributed by atoms with Crippen LogP contribution in [0.4, 0.5) is 13.2 Å². The summed E-state index contributed by atoms with van der Waals surface area (Å²) in [6, 6.07) is 8.01. The molecule has 2 aliphatic rings. The Bertz CT molecular complexity index is 1340. The first kappa shape index (κ1) is 28.2. The van der Waals surface area contributed by atoms with E-state index in [1.54, 1.807) is 23.5 Å². The summed E-state index contributed by atoms with van der Waals surface area (Å²) in [5, 5.41) is 14.5. The summed E-state index contributed by atoms with van der Waals surface area (Å²) in [6.45, 7) is 0.933. The van der Waals surface area contributed by atoms with Gasteiger partial charge in [-0.05, 0) is 74.6 Å². The fourth-order valence-electron chi connectivity index (χ4n) is 5.67. The number of hydrogen-bond acceptors (Lipinski definition) is 6. The average Bonchev–Trinajstić information content (AvgIpc) is 3.64. The summed E-state index contributed by atoms with van der Waals surface area (Å²) in [4.78, 5) is 36.4. The van der Waals surface area contributed by atoms with Gasteiger partial charge in [-0.25, -0.2) is 4.98 Å². The highest BCUT2D eigenvalue weighted by Crippen LogP contribution is 2.44. The largest absolute Gasteiger partial charge is 0.416 e. The van der Waals surface area contributed by atoms with E-state index in [4.69, 9.17) is 0 Å². The molecule has 2 fully saturated rings. The van der Waals surface area contributed by atoms with E-state index in [9.17, 15) is 27.9 Å². The van der Waals surface area contributed by atoms with E-state index in [1.165, 1.54) is 23.5 Å². The van der Waals surface area contributed by atoms with Crippen molar-refractivity contribution in [3.05, 3.63) is 71.1 Å². The zero-order valence-corrected chi connectivity index (χ0v) is 22.7. The summed E-state index contributed by atoms with van der Waals surface area (Å²) in [7, 11) is 0. The van der Waals surface area contributed by atoms with Gasteiger partial charge in [-0.15, -0.1) is 11.3 Å². The highest BCUT2D eigenvalue weighted by molar-refractivity contribution is 7.15. The van der Waals surface area contributed by atoms with Crippen molar-refractivity contribution in [3.63, 3.8) is 0 Å². The predicted octanol–water partition coefficient (Wildman–Crippen LogP) is 5.27. The number of benzene rings is 1. The Hall–Kier alpha value is -3.31. The van der Waals surface area contributed by atoms with Crippen molar-refractivity contribution < 1.29 is 27.9 Å². The van der Waals surface area contributed by atoms with E-state index >= 15 is 0 Å². The summed E-state index contributed by atoms with van der Waals surface area (Å²) >= 11 is 1.51. The van der Waals surface area contributed by atoms with Crippen molar-refractivity contribution >= 4 is 23.2 Å². The molecular formula is C29H31F3N4O3S. The molecule has 3 heterocycles. The van der Waals surface area contributed by atoms with Crippen LogP contribution in [0.1, 0.15) is 59.5 Å². The Morgan fingerprint density at radius 1 is 1.10 bits per heavy atom. The molecule has 1 saturated heterocycles. The number of alkyl halides is 3. The van der Waals surface area contributed by atoms with Gasteiger partial charge in [0, 0.05) is 42.8 Å². The number of carbonyl (C=O) groups excluding carboxylic acids is 2. The Labute approximate surface area is 234 Å². The van der Waals surface area contributed by atoms with Gasteiger partial charge in [0.25, 0.3) is 5.91 Å². The number of pyridine rings is 1. The number of likely N-dealkylation sites (tertiary alicyclic amines) is 1. The first-order chi connectivity index (χ1) is 19.1. The van der Waals surface area contributed by atoms with Gasteiger partial charge in [-0.1, -0.05) is 12.1 Å². The van der Waals surface area contributed by atoms with Crippen LogP contribution < -0.4 is 5.32 Å². The topological polar surface area (TPSA) is 95.4 Å². The maximum Gasteiger partial charge on any atom is 0.416 e. The molecule has 2 aromatic heterocycles. The number of aliphatic hydroxyl groups is 1. The van der Waals surface area contributed by atoms with Gasteiger partial charge >= 0.3 is 6.18 Å². The number of halogens is 3. The maximum absolute atomic E-state index is 12.9. The van der Waals surface area contributed by atoms with Crippen LogP contribution in [0.25, 0.3) is 10.4 Å². The molecule has 1 atom stereocenters. The number of hydrogen-bond donors (Lipinski definition) is 2. The highest BCUT2D eigenvalue weighted by atomic mass is 32.1. The second-order valence-corrected chi connectivity index (χ2v) is 11.8. The molecule has 40 heavy (non-hydrogen) atoms. The zero-order valence-electron chi connectivity index (χ0n) is 21.9. The second kappa shape index (κ2) is 11.7. The quantitative estimate of drug-likeness (QED) is 0.402. The molecule has 0 spiro atoms. The lowest BCUT2D eigenvalue weighted by atomic mass is 9.75. The molecule has 3 aromatic rings. The van der Waals surface area contributed by atoms with Crippen molar-refractivity contribution in [2.45, 2.75) is 50.3 Å². The Balaban J connectivity index is 1.07. The van der Waals surface area contributed by atoms with Crippen LogP contribution in [-0.4, -0.2) is 51.4 Å². The number of thiazole rings is 1. The van der Waals surface area contributed by atoms with Crippen LogP contribution in [0.5, 0.6) is 0 Å². The molecule has 2 N–H and O–H groups in total. The van der Waals surface area contributed by atoms with Crippen LogP contribution in [0.3, 0.4) is 0 Å². The summed E-state index contributed by atoms with van der Waals surface area (Å²) in [6.07, 6.45) is 5.67. The molecule has 0 bridgehead atoms. The Morgan fingerprint density at radius 3 is 2.62 bits per heavy atom. The van der Waals surface area contributed by atoms with Gasteiger partial charge in [-0.3, -0.25) is 14.6 Å². The number of rotatable bonds is 7. The van der Waals surface area contributed by atoms with E-state index in [1.807, 2.05) is 12.1 Å². The van der Waals surface area contributed by atoms with E-state index in [-0.39, 0.29) is 18.0 Å². The molecule has 7 nitrogen and oxygen atoms in total. The molecule has 5 rings (SSSR count). The minimum Gasteiger partial charge on any atom is -0.383 e. The van der Waals surface area contributed by atoms with Gasteiger partial charge in [0.1, 0.15) is 10.6 Å². The number of nitrogens with zero attached hydrogens (tertiary/aromatic N) is 3. The first-order valence-electron chi connectivity index (χ1n) is 13.4. The lowest BCUT2D eigenvalue weighted by Gasteiger charge is -2.35. The van der Waals surface area contributed by atoms with Crippen LogP contribution in [0.2, 0.25) is 0 Å². The molecule has 1 aliphatic carbocycles. The van der Waals surface area contributed by atoms with Crippen molar-refractivity contribution in [3.8, 4) is 10.4 Å². The molecule has 11 heteroatoms. The maximum atomic E-state index is 12.9. The van der Waals surface area contributed by atoms with Gasteiger partial charge in [-0.2, -0.15) is 13.2 Å². The molecule has 0 unspecified atom stereocenters. The van der Waals surface area contributed by atoms with Gasteiger partial charge in [0.15, 0.2) is 0 Å². The lowest BCUT2D eigenvalue weighted by molar-refractivity contribution is -0.137. The predicted molar refractivity (Wildman–Crippen MR) is 144 cm³/mol. The van der Waals surface area contributed by atoms with E-state index in [0.717, 1.165) is 53.3 Å². The average molecular weight is 573 g/mol. The zero-order chi connectivity index (χ0) is 28.3. The minimum absolute atomic E-state index is 0.134. The number of nitrogens with one attached hydrogen (secondary N) is 1. The highest BCUT2D eigenvalue weighted by Gasteiger charge is 2.39. The third-order valence-electron chi connectivity index (χ3n) is 7.94. The van der Waals surface area contributed by atoms with Crippen LogP contribution in [0, 0.1) is 11.8 Å². The summed E-state index contributed by atoms with van der Waals surface area (Å²) < 4.78 is 38.8. The summed E-state index contributed by atoms with van der Waals surface area (Å²) in [5.74, 6) is -0.151. The SMILES string of the molecule is O=C(NCC(=O)N1CC[C@H](CC2CCC(O)(c3ncc(-c4cccnc4)s3)CC2)C1)c1cccc(C(F)(F)F)c1. The lowest BCUT2D eigenvalue weighted by Crippen LogP contribution is -2.39. The molecule has 1 aliphatic heterocycles. The second-order valence-electron chi connectivity index (χ2n) is 10.7. The van der Waals surface area contributed by atoms with E-state index in [2.05, 4.69) is 15.3 Å². The van der Waals surface area contributed by atoms with Crippen molar-refractivity contribution in [2.24, 2.45) is 11.8 Å². The van der Waals surface area contributed by atoms with Crippen LogP contribution in [0.15, 0.2) is 55.0 Å². The number of carbonyl (C=O) groups is 2. The first-order valence-corrected chi connectivity index (χ1v) is 14.2. The normalized spacial score (nSPS) is 23.2. The monoisotopic (exact) mass is 572 g/mol. The van der Waals surface area contributed by atoms with Gasteiger partial charge in [0.2, 0.25) is 5.91 Å². The Kier molecular flexibility index (Phi) is 8.23. The number of amides is 2. The fourth-order valence-corrected chi connectivity index (χ4v) is 6.72. The summed E-state index contributed by atoms with van der Waals surface area (Å²) in [5.41, 5.74) is -0.975. The Morgan fingerprint density at radius 2 is 1.90 bits per heavy atom. The van der Waals surface area contributed by atoms with E-state index in [0.29, 0.717) is 37.8 Å². The molecular weight excluding hydrogens is 541 g/mol. The molecule has 2 amide bonds. The standard InChI is InChI=1S/C29H31F3N4O3S/c30-29(31,32)23-5-1-3-21(14-23)26(38)34-17-25(37)36-12-8-20(18-36)13-19-6-9-28(39,10-7-19)27-35-16-24(40-27)22-4-2-11-33-15-22/h1-5,11,14-16,19-20,39H,6-10,12-13,17-18H2,(H,34,38)/t19?,20-,28?/m1/s1. The molecule has 1 aromatic carbocycles.